The van der Waals surface area contributed by atoms with Crippen molar-refractivity contribution in [3.8, 4) is 0 Å². The SMILES string of the molecule is C[C@@H]1CN(C(=O)CSc2ncnc3c2nnn3C)C[C@@H](C)O1. The Labute approximate surface area is 132 Å². The van der Waals surface area contributed by atoms with Gasteiger partial charge in [0, 0.05) is 20.1 Å². The lowest BCUT2D eigenvalue weighted by atomic mass is 10.2. The van der Waals surface area contributed by atoms with E-state index in [9.17, 15) is 4.79 Å². The summed E-state index contributed by atoms with van der Waals surface area (Å²) >= 11 is 1.37. The molecule has 3 heterocycles. The third-order valence-electron chi connectivity index (χ3n) is 3.46. The third kappa shape index (κ3) is 3.05. The van der Waals surface area contributed by atoms with Gasteiger partial charge >= 0.3 is 0 Å². The maximum Gasteiger partial charge on any atom is 0.233 e. The smallest absolute Gasteiger partial charge is 0.233 e. The third-order valence-corrected chi connectivity index (χ3v) is 4.42. The van der Waals surface area contributed by atoms with Crippen LogP contribution in [0.15, 0.2) is 11.4 Å². The van der Waals surface area contributed by atoms with E-state index in [1.165, 1.54) is 18.1 Å². The maximum absolute atomic E-state index is 12.4. The van der Waals surface area contributed by atoms with Gasteiger partial charge in [-0.05, 0) is 13.8 Å². The molecule has 1 saturated heterocycles. The molecule has 0 aliphatic carbocycles. The van der Waals surface area contributed by atoms with Gasteiger partial charge in [-0.15, -0.1) is 5.10 Å². The summed E-state index contributed by atoms with van der Waals surface area (Å²) in [5.41, 5.74) is 1.30. The Kier molecular flexibility index (Phi) is 4.25. The molecule has 0 N–H and O–H groups in total. The zero-order valence-electron chi connectivity index (χ0n) is 12.8. The van der Waals surface area contributed by atoms with E-state index in [1.807, 2.05) is 18.7 Å². The Bertz CT molecular complexity index is 680. The summed E-state index contributed by atoms with van der Waals surface area (Å²) in [6.45, 7) is 5.23. The van der Waals surface area contributed by atoms with Gasteiger partial charge in [0.05, 0.1) is 18.0 Å². The first-order chi connectivity index (χ1) is 10.5. The lowest BCUT2D eigenvalue weighted by Crippen LogP contribution is -2.48. The number of nitrogens with zero attached hydrogens (tertiary/aromatic N) is 6. The molecule has 0 unspecified atom stereocenters. The number of amides is 1. The molecule has 22 heavy (non-hydrogen) atoms. The van der Waals surface area contributed by atoms with Crippen molar-refractivity contribution in [3.63, 3.8) is 0 Å². The van der Waals surface area contributed by atoms with Gasteiger partial charge in [-0.3, -0.25) is 4.79 Å². The number of hydrogen-bond donors (Lipinski definition) is 0. The van der Waals surface area contributed by atoms with Gasteiger partial charge in [-0.1, -0.05) is 17.0 Å². The highest BCUT2D eigenvalue weighted by Crippen LogP contribution is 2.23. The van der Waals surface area contributed by atoms with Crippen LogP contribution in [-0.4, -0.2) is 66.8 Å². The fraction of sp³-hybridized carbons (Fsp3) is 0.615. The van der Waals surface area contributed by atoms with Crippen molar-refractivity contribution in [3.05, 3.63) is 6.33 Å². The van der Waals surface area contributed by atoms with Gasteiger partial charge in [0.15, 0.2) is 11.2 Å². The minimum Gasteiger partial charge on any atom is -0.372 e. The van der Waals surface area contributed by atoms with Crippen molar-refractivity contribution >= 4 is 28.8 Å². The van der Waals surface area contributed by atoms with E-state index in [4.69, 9.17) is 4.74 Å². The minimum atomic E-state index is 0.0726. The molecule has 2 aromatic rings. The molecular formula is C13H18N6O2S. The normalized spacial score (nSPS) is 22.2. The summed E-state index contributed by atoms with van der Waals surface area (Å²) in [7, 11) is 1.78. The Morgan fingerprint density at radius 1 is 1.36 bits per heavy atom. The number of aryl methyl sites for hydroxylation is 1. The predicted molar refractivity (Wildman–Crippen MR) is 81.4 cm³/mol. The van der Waals surface area contributed by atoms with Crippen LogP contribution in [0.25, 0.3) is 11.2 Å². The van der Waals surface area contributed by atoms with E-state index in [-0.39, 0.29) is 18.1 Å². The quantitative estimate of drug-likeness (QED) is 0.600. The van der Waals surface area contributed by atoms with Crippen molar-refractivity contribution < 1.29 is 9.53 Å². The number of fused-ring (bicyclic) bond motifs is 1. The van der Waals surface area contributed by atoms with E-state index >= 15 is 0 Å². The first kappa shape index (κ1) is 15.2. The Morgan fingerprint density at radius 2 is 2.09 bits per heavy atom. The van der Waals surface area contributed by atoms with Crippen molar-refractivity contribution in [2.45, 2.75) is 31.1 Å². The number of rotatable bonds is 3. The van der Waals surface area contributed by atoms with E-state index in [0.717, 1.165) is 0 Å². The lowest BCUT2D eigenvalue weighted by Gasteiger charge is -2.35. The summed E-state index contributed by atoms with van der Waals surface area (Å²) < 4.78 is 7.24. The predicted octanol–water partition coefficient (Wildman–Crippen LogP) is 0.486. The van der Waals surface area contributed by atoms with Crippen LogP contribution in [0.2, 0.25) is 0 Å². The summed E-state index contributed by atoms with van der Waals surface area (Å²) in [6.07, 6.45) is 1.61. The molecule has 1 aliphatic heterocycles. The van der Waals surface area contributed by atoms with E-state index in [2.05, 4.69) is 20.3 Å². The van der Waals surface area contributed by atoms with Gasteiger partial charge in [-0.25, -0.2) is 14.6 Å². The highest BCUT2D eigenvalue weighted by molar-refractivity contribution is 8.00. The number of carbonyl (C=O) groups excluding carboxylic acids is 1. The van der Waals surface area contributed by atoms with E-state index in [1.54, 1.807) is 11.7 Å². The van der Waals surface area contributed by atoms with Crippen molar-refractivity contribution in [1.82, 2.24) is 29.9 Å². The van der Waals surface area contributed by atoms with Crippen LogP contribution in [0.3, 0.4) is 0 Å². The standard InChI is InChI=1S/C13H18N6O2S/c1-8-4-19(5-9(2)21-8)10(20)6-22-13-11-12(14-7-15-13)18(3)17-16-11/h7-9H,4-6H2,1-3H3/t8-,9-/m1/s1. The monoisotopic (exact) mass is 322 g/mol. The number of thioether (sulfide) groups is 1. The first-order valence-corrected chi connectivity index (χ1v) is 8.09. The van der Waals surface area contributed by atoms with Crippen LogP contribution in [0.5, 0.6) is 0 Å². The van der Waals surface area contributed by atoms with Crippen LogP contribution >= 0.6 is 11.8 Å². The van der Waals surface area contributed by atoms with Gasteiger partial charge in [0.1, 0.15) is 11.4 Å². The van der Waals surface area contributed by atoms with Crippen molar-refractivity contribution in [1.29, 1.82) is 0 Å². The lowest BCUT2D eigenvalue weighted by molar-refractivity contribution is -0.140. The van der Waals surface area contributed by atoms with Gasteiger partial charge in [0.2, 0.25) is 5.91 Å². The average molecular weight is 322 g/mol. The largest absolute Gasteiger partial charge is 0.372 e. The molecule has 9 heteroatoms. The van der Waals surface area contributed by atoms with Crippen LogP contribution in [0.1, 0.15) is 13.8 Å². The second-order valence-electron chi connectivity index (χ2n) is 5.41. The minimum absolute atomic E-state index is 0.0726. The van der Waals surface area contributed by atoms with Crippen LogP contribution in [0, 0.1) is 0 Å². The zero-order valence-corrected chi connectivity index (χ0v) is 13.6. The van der Waals surface area contributed by atoms with E-state index < -0.39 is 0 Å². The molecule has 0 saturated carbocycles. The Hall–Kier alpha value is -1.74. The zero-order chi connectivity index (χ0) is 15.7. The first-order valence-electron chi connectivity index (χ1n) is 7.11. The molecule has 118 valence electrons. The Balaban J connectivity index is 1.67. The molecule has 1 fully saturated rings. The highest BCUT2D eigenvalue weighted by atomic mass is 32.2. The number of morpholine rings is 1. The van der Waals surface area contributed by atoms with Gasteiger partial charge in [0.25, 0.3) is 0 Å². The van der Waals surface area contributed by atoms with Gasteiger partial charge < -0.3 is 9.64 Å². The maximum atomic E-state index is 12.4. The van der Waals surface area contributed by atoms with E-state index in [0.29, 0.717) is 35.0 Å². The second kappa shape index (κ2) is 6.17. The molecule has 2 aromatic heterocycles. The van der Waals surface area contributed by atoms with Crippen molar-refractivity contribution in [2.75, 3.05) is 18.8 Å². The van der Waals surface area contributed by atoms with Crippen LogP contribution < -0.4 is 0 Å². The van der Waals surface area contributed by atoms with Gasteiger partial charge in [-0.2, -0.15) is 0 Å². The summed E-state index contributed by atoms with van der Waals surface area (Å²) in [6, 6.07) is 0. The molecule has 1 amide bonds. The second-order valence-corrected chi connectivity index (χ2v) is 6.37. The van der Waals surface area contributed by atoms with Crippen LogP contribution in [-0.2, 0) is 16.6 Å². The number of hydrogen-bond acceptors (Lipinski definition) is 7. The van der Waals surface area contributed by atoms with Crippen molar-refractivity contribution in [2.24, 2.45) is 7.05 Å². The fourth-order valence-electron chi connectivity index (χ4n) is 2.54. The number of ether oxygens (including phenoxy) is 1. The summed E-state index contributed by atoms with van der Waals surface area (Å²) in [5.74, 6) is 0.407. The average Bonchev–Trinajstić information content (AvgIpc) is 2.86. The molecular weight excluding hydrogens is 304 g/mol. The topological polar surface area (TPSA) is 86.0 Å². The number of carbonyl (C=O) groups is 1. The molecule has 2 atom stereocenters. The Morgan fingerprint density at radius 3 is 2.82 bits per heavy atom. The molecule has 0 spiro atoms. The molecule has 0 aromatic carbocycles. The summed E-state index contributed by atoms with van der Waals surface area (Å²) in [5, 5.41) is 8.67. The molecule has 3 rings (SSSR count). The molecule has 0 radical (unpaired) electrons. The molecule has 0 bridgehead atoms. The molecule has 8 nitrogen and oxygen atoms in total. The summed E-state index contributed by atoms with van der Waals surface area (Å²) in [4.78, 5) is 22.6. The fourth-order valence-corrected chi connectivity index (χ4v) is 3.37. The highest BCUT2D eigenvalue weighted by Gasteiger charge is 2.26. The van der Waals surface area contributed by atoms with Crippen LogP contribution in [0.4, 0.5) is 0 Å². The molecule has 1 aliphatic rings. The number of aromatic nitrogens is 5.